The molecular formula is C16H22F3O2Si. The van der Waals surface area contributed by atoms with Crippen LogP contribution in [-0.2, 0) is 9.22 Å². The van der Waals surface area contributed by atoms with Gasteiger partial charge in [-0.2, -0.15) is 0 Å². The van der Waals surface area contributed by atoms with Gasteiger partial charge >= 0.3 is 0 Å². The average molecular weight is 331 g/mol. The maximum absolute atomic E-state index is 14.0. The Morgan fingerprint density at radius 3 is 2.05 bits per heavy atom. The predicted octanol–water partition coefficient (Wildman–Crippen LogP) is 4.66. The van der Waals surface area contributed by atoms with E-state index in [2.05, 4.69) is 0 Å². The molecule has 0 N–H and O–H groups in total. The fourth-order valence-electron chi connectivity index (χ4n) is 1.90. The second kappa shape index (κ2) is 6.96. The number of Topliss-reactive ketones (excluding diaryl/α,β-unsaturated/α-hetero) is 1. The van der Waals surface area contributed by atoms with E-state index in [1.807, 2.05) is 20.8 Å². The van der Waals surface area contributed by atoms with E-state index in [1.165, 1.54) is 0 Å². The molecule has 0 aliphatic heterocycles. The summed E-state index contributed by atoms with van der Waals surface area (Å²) in [7, 11) is -1.35. The van der Waals surface area contributed by atoms with Crippen molar-refractivity contribution < 1.29 is 22.4 Å². The number of benzene rings is 1. The highest BCUT2D eigenvalue weighted by Crippen LogP contribution is 2.34. The summed E-state index contributed by atoms with van der Waals surface area (Å²) < 4.78 is 46.2. The molecule has 0 bridgehead atoms. The number of carbonyl (C=O) groups is 1. The minimum atomic E-state index is -1.35. The largest absolute Gasteiger partial charge is 0.403 e. The zero-order valence-corrected chi connectivity index (χ0v) is 14.8. The zero-order valence-electron chi connectivity index (χ0n) is 13.8. The van der Waals surface area contributed by atoms with Gasteiger partial charge in [0, 0.05) is 17.5 Å². The van der Waals surface area contributed by atoms with Gasteiger partial charge in [0.15, 0.2) is 17.4 Å². The number of halogens is 3. The third-order valence-corrected chi connectivity index (χ3v) is 4.37. The molecule has 2 atom stereocenters. The van der Waals surface area contributed by atoms with Crippen LogP contribution >= 0.6 is 0 Å². The van der Waals surface area contributed by atoms with Gasteiger partial charge in [0.2, 0.25) is 9.04 Å². The van der Waals surface area contributed by atoms with Gasteiger partial charge in [0.05, 0.1) is 0 Å². The molecule has 22 heavy (non-hydrogen) atoms. The quantitative estimate of drug-likeness (QED) is 0.579. The standard InChI is InChI=1S/C16H22F3O2Si/c1-9(16(2,3)4)14(20)15(21-22(5)6)10-7-12(18)13(19)8-11(10)17/h7-9,15H,1-6H3. The lowest BCUT2D eigenvalue weighted by Crippen LogP contribution is -2.33. The van der Waals surface area contributed by atoms with Crippen molar-refractivity contribution in [1.82, 2.24) is 0 Å². The van der Waals surface area contributed by atoms with Gasteiger partial charge in [0.25, 0.3) is 0 Å². The molecule has 1 rings (SSSR count). The summed E-state index contributed by atoms with van der Waals surface area (Å²) in [5.41, 5.74) is -0.589. The third-order valence-electron chi connectivity index (χ3n) is 3.66. The van der Waals surface area contributed by atoms with Crippen LogP contribution < -0.4 is 0 Å². The second-order valence-electron chi connectivity index (χ2n) is 6.68. The molecule has 0 amide bonds. The summed E-state index contributed by atoms with van der Waals surface area (Å²) in [6, 6.07) is 1.17. The van der Waals surface area contributed by atoms with Crippen LogP contribution in [0.25, 0.3) is 0 Å². The minimum absolute atomic E-state index is 0.244. The summed E-state index contributed by atoms with van der Waals surface area (Å²) in [6.45, 7) is 11.0. The smallest absolute Gasteiger partial charge is 0.206 e. The number of ketones is 1. The lowest BCUT2D eigenvalue weighted by atomic mass is 9.77. The molecule has 0 aliphatic rings. The van der Waals surface area contributed by atoms with E-state index in [0.717, 1.165) is 0 Å². The van der Waals surface area contributed by atoms with Crippen molar-refractivity contribution in [2.75, 3.05) is 0 Å². The van der Waals surface area contributed by atoms with Crippen molar-refractivity contribution in [3.63, 3.8) is 0 Å². The van der Waals surface area contributed by atoms with E-state index in [0.29, 0.717) is 12.1 Å². The molecule has 1 aromatic rings. The molecular weight excluding hydrogens is 309 g/mol. The van der Waals surface area contributed by atoms with Crippen LogP contribution in [0.5, 0.6) is 0 Å². The van der Waals surface area contributed by atoms with Gasteiger partial charge in [-0.1, -0.05) is 27.7 Å². The average Bonchev–Trinajstić information content (AvgIpc) is 2.37. The first-order valence-electron chi connectivity index (χ1n) is 7.10. The molecule has 2 unspecified atom stereocenters. The summed E-state index contributed by atoms with van der Waals surface area (Å²) in [5, 5.41) is 0. The van der Waals surface area contributed by atoms with Crippen LogP contribution in [0.2, 0.25) is 13.1 Å². The molecule has 0 aromatic heterocycles. The molecule has 0 saturated heterocycles. The van der Waals surface area contributed by atoms with E-state index in [9.17, 15) is 18.0 Å². The molecule has 1 aromatic carbocycles. The fourth-order valence-corrected chi connectivity index (χ4v) is 2.62. The van der Waals surface area contributed by atoms with Crippen molar-refractivity contribution in [2.45, 2.75) is 46.9 Å². The Morgan fingerprint density at radius 2 is 1.59 bits per heavy atom. The highest BCUT2D eigenvalue weighted by molar-refractivity contribution is 6.48. The number of hydrogen-bond acceptors (Lipinski definition) is 2. The first kappa shape index (κ1) is 18.9. The normalized spacial score (nSPS) is 15.0. The van der Waals surface area contributed by atoms with Gasteiger partial charge in [-0.25, -0.2) is 13.2 Å². The number of carbonyl (C=O) groups excluding carboxylic acids is 1. The van der Waals surface area contributed by atoms with E-state index >= 15 is 0 Å². The second-order valence-corrected chi connectivity index (χ2v) is 8.74. The molecule has 0 spiro atoms. The van der Waals surface area contributed by atoms with Crippen LogP contribution in [0.3, 0.4) is 0 Å². The summed E-state index contributed by atoms with van der Waals surface area (Å²) in [4.78, 5) is 12.7. The molecule has 1 radical (unpaired) electrons. The van der Waals surface area contributed by atoms with Crippen molar-refractivity contribution in [1.29, 1.82) is 0 Å². The van der Waals surface area contributed by atoms with Crippen LogP contribution in [-0.4, -0.2) is 14.8 Å². The minimum Gasteiger partial charge on any atom is -0.403 e. The monoisotopic (exact) mass is 331 g/mol. The summed E-state index contributed by atoms with van der Waals surface area (Å²) >= 11 is 0. The Balaban J connectivity index is 3.30. The van der Waals surface area contributed by atoms with Crippen LogP contribution in [0.1, 0.15) is 39.4 Å². The SMILES string of the molecule is CC(C(=O)C(O[Si](C)C)c1cc(F)c(F)cc1F)C(C)(C)C. The van der Waals surface area contributed by atoms with Crippen molar-refractivity contribution >= 4 is 14.8 Å². The highest BCUT2D eigenvalue weighted by atomic mass is 28.3. The van der Waals surface area contributed by atoms with Crippen molar-refractivity contribution in [3.8, 4) is 0 Å². The maximum atomic E-state index is 14.0. The molecule has 123 valence electrons. The van der Waals surface area contributed by atoms with E-state index in [-0.39, 0.29) is 16.8 Å². The van der Waals surface area contributed by atoms with E-state index in [4.69, 9.17) is 4.43 Å². The first-order valence-corrected chi connectivity index (χ1v) is 9.51. The van der Waals surface area contributed by atoms with Crippen molar-refractivity contribution in [2.24, 2.45) is 11.3 Å². The molecule has 0 saturated carbocycles. The molecule has 6 heteroatoms. The van der Waals surface area contributed by atoms with Crippen LogP contribution in [0.4, 0.5) is 13.2 Å². The van der Waals surface area contributed by atoms with E-state index < -0.39 is 38.5 Å². The Morgan fingerprint density at radius 1 is 1.09 bits per heavy atom. The molecule has 0 fully saturated rings. The number of hydrogen-bond donors (Lipinski definition) is 0. The maximum Gasteiger partial charge on any atom is 0.206 e. The predicted molar refractivity (Wildman–Crippen MR) is 81.3 cm³/mol. The Labute approximate surface area is 131 Å². The fraction of sp³-hybridized carbons (Fsp3) is 0.562. The van der Waals surface area contributed by atoms with Gasteiger partial charge in [-0.15, -0.1) is 0 Å². The van der Waals surface area contributed by atoms with Crippen LogP contribution in [0.15, 0.2) is 12.1 Å². The van der Waals surface area contributed by atoms with Gasteiger partial charge < -0.3 is 4.43 Å². The molecule has 0 heterocycles. The third kappa shape index (κ3) is 4.43. The van der Waals surface area contributed by atoms with Gasteiger partial charge in [-0.3, -0.25) is 4.79 Å². The molecule has 0 aliphatic carbocycles. The topological polar surface area (TPSA) is 26.3 Å². The van der Waals surface area contributed by atoms with Gasteiger partial charge in [-0.05, 0) is 24.6 Å². The first-order chi connectivity index (χ1) is 9.95. The van der Waals surface area contributed by atoms with Crippen LogP contribution in [0, 0.1) is 28.8 Å². The Bertz CT molecular complexity index is 553. The highest BCUT2D eigenvalue weighted by Gasteiger charge is 2.35. The van der Waals surface area contributed by atoms with E-state index in [1.54, 1.807) is 20.0 Å². The Kier molecular flexibility index (Phi) is 5.98. The summed E-state index contributed by atoms with van der Waals surface area (Å²) in [5.74, 6) is -4.20. The lowest BCUT2D eigenvalue weighted by Gasteiger charge is -2.30. The number of rotatable bonds is 5. The van der Waals surface area contributed by atoms with Crippen molar-refractivity contribution in [3.05, 3.63) is 35.1 Å². The van der Waals surface area contributed by atoms with Gasteiger partial charge in [0.1, 0.15) is 11.9 Å². The lowest BCUT2D eigenvalue weighted by molar-refractivity contribution is -0.133. The molecule has 2 nitrogen and oxygen atoms in total. The zero-order chi connectivity index (χ0) is 17.2. The Hall–Kier alpha value is -1.14. The summed E-state index contributed by atoms with van der Waals surface area (Å²) in [6.07, 6.45) is -1.21.